The Kier molecular flexibility index (Phi) is 3.11. The molecule has 1 unspecified atom stereocenters. The lowest BCUT2D eigenvalue weighted by Crippen LogP contribution is -2.26. The highest BCUT2D eigenvalue weighted by atomic mass is 19.2. The first kappa shape index (κ1) is 12.6. The lowest BCUT2D eigenvalue weighted by Gasteiger charge is -2.17. The quantitative estimate of drug-likeness (QED) is 0.346. The fourth-order valence-electron chi connectivity index (χ4n) is 1.88. The van der Waals surface area contributed by atoms with Crippen LogP contribution >= 0.6 is 0 Å². The summed E-state index contributed by atoms with van der Waals surface area (Å²) in [5.74, 6) is -7.59. The molecule has 0 aliphatic carbocycles. The van der Waals surface area contributed by atoms with Crippen LogP contribution in [0.4, 0.5) is 23.2 Å². The summed E-state index contributed by atoms with van der Waals surface area (Å²) in [6, 6.07) is 0.483. The molecule has 1 aromatic rings. The summed E-state index contributed by atoms with van der Waals surface area (Å²) < 4.78 is 52.4. The number of benzene rings is 1. The van der Waals surface area contributed by atoms with E-state index in [0.717, 1.165) is 4.90 Å². The van der Waals surface area contributed by atoms with Crippen LogP contribution in [0.2, 0.25) is 0 Å². The predicted octanol–water partition coefficient (Wildman–Crippen LogP) is 2.78. The molecule has 1 aliphatic heterocycles. The zero-order valence-corrected chi connectivity index (χ0v) is 9.22. The van der Waals surface area contributed by atoms with Crippen LogP contribution in [-0.4, -0.2) is 12.5 Å². The molecule has 1 aromatic carbocycles. The van der Waals surface area contributed by atoms with Gasteiger partial charge in [0, 0.05) is 24.9 Å². The second-order valence-electron chi connectivity index (χ2n) is 4.02. The molecular weight excluding hydrogens is 250 g/mol. The Labute approximate surface area is 101 Å². The van der Waals surface area contributed by atoms with Crippen LogP contribution in [-0.2, 0) is 4.79 Å². The van der Waals surface area contributed by atoms with E-state index in [4.69, 9.17) is 0 Å². The first-order valence-electron chi connectivity index (χ1n) is 5.21. The number of anilines is 1. The summed E-state index contributed by atoms with van der Waals surface area (Å²) in [5, 5.41) is 0. The average molecular weight is 259 g/mol. The Morgan fingerprint density at radius 3 is 2.44 bits per heavy atom. The Balaban J connectivity index is 2.46. The molecule has 6 heteroatoms. The highest BCUT2D eigenvalue weighted by molar-refractivity contribution is 5.96. The van der Waals surface area contributed by atoms with Gasteiger partial charge in [-0.2, -0.15) is 0 Å². The van der Waals surface area contributed by atoms with Crippen LogP contribution < -0.4 is 4.90 Å². The maximum Gasteiger partial charge on any atom is 0.227 e. The van der Waals surface area contributed by atoms with Gasteiger partial charge < -0.3 is 4.90 Å². The second kappa shape index (κ2) is 4.44. The van der Waals surface area contributed by atoms with Gasteiger partial charge in [0.2, 0.25) is 5.91 Å². The number of halogens is 4. The second-order valence-corrected chi connectivity index (χ2v) is 4.02. The van der Waals surface area contributed by atoms with Crippen LogP contribution in [0.5, 0.6) is 0 Å². The van der Waals surface area contributed by atoms with Gasteiger partial charge >= 0.3 is 0 Å². The molecule has 2 nitrogen and oxygen atoms in total. The van der Waals surface area contributed by atoms with Gasteiger partial charge in [0.1, 0.15) is 0 Å². The van der Waals surface area contributed by atoms with Crippen molar-refractivity contribution in [2.75, 3.05) is 11.4 Å². The number of rotatable bonds is 2. The third-order valence-corrected chi connectivity index (χ3v) is 2.86. The molecule has 1 atom stereocenters. The highest BCUT2D eigenvalue weighted by Gasteiger charge is 2.32. The van der Waals surface area contributed by atoms with E-state index in [1.807, 2.05) is 0 Å². The first-order valence-corrected chi connectivity index (χ1v) is 5.21. The maximum absolute atomic E-state index is 13.5. The zero-order valence-electron chi connectivity index (χ0n) is 9.22. The minimum atomic E-state index is -1.92. The van der Waals surface area contributed by atoms with Crippen molar-refractivity contribution in [1.82, 2.24) is 0 Å². The van der Waals surface area contributed by atoms with Crippen molar-refractivity contribution in [1.29, 1.82) is 0 Å². The lowest BCUT2D eigenvalue weighted by molar-refractivity contribution is -0.117. The van der Waals surface area contributed by atoms with Gasteiger partial charge in [0.15, 0.2) is 23.3 Å². The molecule has 1 amide bonds. The Hall–Kier alpha value is -1.85. The molecule has 0 aromatic heterocycles. The molecule has 0 saturated carbocycles. The molecule has 1 aliphatic rings. The Morgan fingerprint density at radius 2 is 1.89 bits per heavy atom. The van der Waals surface area contributed by atoms with Crippen LogP contribution in [0.3, 0.4) is 0 Å². The highest BCUT2D eigenvalue weighted by Crippen LogP contribution is 2.31. The molecule has 0 N–H and O–H groups in total. The van der Waals surface area contributed by atoms with E-state index in [9.17, 15) is 22.4 Å². The van der Waals surface area contributed by atoms with Crippen LogP contribution in [0, 0.1) is 29.2 Å². The summed E-state index contributed by atoms with van der Waals surface area (Å²) in [6.07, 6.45) is 1.59. The monoisotopic (exact) mass is 259 g/mol. The predicted molar refractivity (Wildman–Crippen MR) is 56.9 cm³/mol. The number of nitrogens with zero attached hydrogens (tertiary/aromatic N) is 1. The Bertz CT molecular complexity index is 529. The third-order valence-electron chi connectivity index (χ3n) is 2.86. The molecule has 1 fully saturated rings. The summed E-state index contributed by atoms with van der Waals surface area (Å²) in [5.41, 5.74) is -0.583. The van der Waals surface area contributed by atoms with Gasteiger partial charge in [-0.1, -0.05) is 6.08 Å². The van der Waals surface area contributed by atoms with Gasteiger partial charge in [-0.25, -0.2) is 17.6 Å². The summed E-state index contributed by atoms with van der Waals surface area (Å²) in [6.45, 7) is 3.57. The van der Waals surface area contributed by atoms with E-state index < -0.39 is 34.9 Å². The summed E-state index contributed by atoms with van der Waals surface area (Å²) >= 11 is 0. The van der Waals surface area contributed by atoms with E-state index >= 15 is 0 Å². The van der Waals surface area contributed by atoms with Gasteiger partial charge in [-0.3, -0.25) is 4.79 Å². The number of amides is 1. The third kappa shape index (κ3) is 1.87. The molecule has 18 heavy (non-hydrogen) atoms. The van der Waals surface area contributed by atoms with Gasteiger partial charge in [-0.15, -0.1) is 6.58 Å². The van der Waals surface area contributed by atoms with Crippen molar-refractivity contribution in [3.8, 4) is 0 Å². The fourth-order valence-corrected chi connectivity index (χ4v) is 1.88. The maximum atomic E-state index is 13.5. The molecule has 0 bridgehead atoms. The van der Waals surface area contributed by atoms with Gasteiger partial charge in [0.25, 0.3) is 0 Å². The van der Waals surface area contributed by atoms with E-state index in [0.29, 0.717) is 6.07 Å². The van der Waals surface area contributed by atoms with E-state index in [1.165, 1.54) is 6.08 Å². The number of carbonyl (C=O) groups excluding carboxylic acids is 1. The molecule has 96 valence electrons. The molecular formula is C12H9F4NO. The van der Waals surface area contributed by atoms with Gasteiger partial charge in [0.05, 0.1) is 5.69 Å². The first-order chi connectivity index (χ1) is 8.45. The minimum absolute atomic E-state index is 0.0732. The van der Waals surface area contributed by atoms with Crippen molar-refractivity contribution in [2.45, 2.75) is 6.42 Å². The molecule has 0 spiro atoms. The van der Waals surface area contributed by atoms with E-state index in [2.05, 4.69) is 6.58 Å². The summed E-state index contributed by atoms with van der Waals surface area (Å²) in [7, 11) is 0. The van der Waals surface area contributed by atoms with Crippen LogP contribution in [0.15, 0.2) is 18.7 Å². The van der Waals surface area contributed by atoms with Crippen LogP contribution in [0.1, 0.15) is 6.42 Å². The summed E-state index contributed by atoms with van der Waals surface area (Å²) in [4.78, 5) is 12.5. The largest absolute Gasteiger partial charge is 0.309 e. The standard InChI is InChI=1S/C12H9F4NO/c1-2-6-3-9(18)17(5-6)8-4-7(13)10(14)12(16)11(8)15/h2,4,6H,1,3,5H2. The lowest BCUT2D eigenvalue weighted by atomic mass is 10.1. The number of carbonyl (C=O) groups is 1. The van der Waals surface area contributed by atoms with Crippen molar-refractivity contribution in [3.63, 3.8) is 0 Å². The van der Waals surface area contributed by atoms with Crippen molar-refractivity contribution >= 4 is 11.6 Å². The minimum Gasteiger partial charge on any atom is -0.309 e. The molecule has 1 heterocycles. The normalized spacial score (nSPS) is 19.4. The SMILES string of the molecule is C=CC1CC(=O)N(c2cc(F)c(F)c(F)c2F)C1. The van der Waals surface area contributed by atoms with E-state index in [-0.39, 0.29) is 18.9 Å². The topological polar surface area (TPSA) is 20.3 Å². The Morgan fingerprint density at radius 1 is 1.22 bits per heavy atom. The molecule has 0 radical (unpaired) electrons. The van der Waals surface area contributed by atoms with Crippen molar-refractivity contribution in [3.05, 3.63) is 42.0 Å². The van der Waals surface area contributed by atoms with Crippen molar-refractivity contribution in [2.24, 2.45) is 5.92 Å². The molecule has 1 saturated heterocycles. The smallest absolute Gasteiger partial charge is 0.227 e. The van der Waals surface area contributed by atoms with Gasteiger partial charge in [-0.05, 0) is 0 Å². The van der Waals surface area contributed by atoms with Crippen LogP contribution in [0.25, 0.3) is 0 Å². The van der Waals surface area contributed by atoms with E-state index in [1.54, 1.807) is 0 Å². The zero-order chi connectivity index (χ0) is 13.4. The number of hydrogen-bond acceptors (Lipinski definition) is 1. The fraction of sp³-hybridized carbons (Fsp3) is 0.250. The number of hydrogen-bond donors (Lipinski definition) is 0. The molecule has 2 rings (SSSR count). The van der Waals surface area contributed by atoms with Crippen molar-refractivity contribution < 1.29 is 22.4 Å². The average Bonchev–Trinajstić information content (AvgIpc) is 2.72.